The number of aliphatic imine (C=N–C) groups is 1. The van der Waals surface area contributed by atoms with Crippen molar-refractivity contribution in [3.8, 4) is 0 Å². The van der Waals surface area contributed by atoms with E-state index in [2.05, 4.69) is 203 Å². The molecule has 7 aliphatic rings. The van der Waals surface area contributed by atoms with Gasteiger partial charge < -0.3 is 24.9 Å². The molecule has 0 aromatic heterocycles. The Bertz CT molecular complexity index is 2600. The van der Waals surface area contributed by atoms with Gasteiger partial charge in [-0.25, -0.2) is 4.99 Å². The topological polar surface area (TPSA) is 37.4 Å². The Hall–Kier alpha value is -6.27. The van der Waals surface area contributed by atoms with Gasteiger partial charge in [0, 0.05) is 39.9 Å². The molecule has 5 aromatic carbocycles. The SMILES string of the molecule is CC12C=CC=CC1=NC1=C(N2)N2c3ccccc3/C(=C3\C4(C)c5ccccc5N5c6ccccc6N(c6ccccc6)C5C34C)CC2N1c1ccccc1. The number of benzene rings is 5. The molecule has 5 aliphatic heterocycles. The highest BCUT2D eigenvalue weighted by Crippen LogP contribution is 2.80. The summed E-state index contributed by atoms with van der Waals surface area (Å²) in [6, 6.07) is 49.1. The van der Waals surface area contributed by atoms with Crippen molar-refractivity contribution in [1.82, 2.24) is 5.32 Å². The third-order valence-corrected chi connectivity index (χ3v) is 13.6. The van der Waals surface area contributed by atoms with Crippen LogP contribution in [0.4, 0.5) is 34.1 Å². The van der Waals surface area contributed by atoms with Crippen LogP contribution in [-0.2, 0) is 5.41 Å². The van der Waals surface area contributed by atoms with Crippen LogP contribution in [0, 0.1) is 5.41 Å². The average molecular weight is 701 g/mol. The Kier molecular flexibility index (Phi) is 5.73. The summed E-state index contributed by atoms with van der Waals surface area (Å²) in [5.74, 6) is 2.04. The molecular weight excluding hydrogens is 661 g/mol. The van der Waals surface area contributed by atoms with Crippen LogP contribution in [0.15, 0.2) is 180 Å². The van der Waals surface area contributed by atoms with E-state index in [0.29, 0.717) is 0 Å². The van der Waals surface area contributed by atoms with Crippen LogP contribution in [0.5, 0.6) is 0 Å². The Labute approximate surface area is 316 Å². The fourth-order valence-electron chi connectivity index (χ4n) is 11.1. The normalized spacial score (nSPS) is 30.3. The third-order valence-electron chi connectivity index (χ3n) is 13.6. The van der Waals surface area contributed by atoms with E-state index in [9.17, 15) is 0 Å². The molecule has 12 rings (SSSR count). The second kappa shape index (κ2) is 10.2. The number of hydrogen-bond donors (Lipinski definition) is 1. The van der Waals surface area contributed by atoms with Gasteiger partial charge >= 0.3 is 0 Å². The smallest absolute Gasteiger partial charge is 0.176 e. The Balaban J connectivity index is 1.10. The minimum Gasteiger partial charge on any atom is -0.354 e. The van der Waals surface area contributed by atoms with Gasteiger partial charge in [-0.3, -0.25) is 0 Å². The zero-order valence-electron chi connectivity index (χ0n) is 30.6. The molecule has 0 radical (unpaired) electrons. The molecule has 1 N–H and O–H groups in total. The van der Waals surface area contributed by atoms with Gasteiger partial charge in [0.25, 0.3) is 0 Å². The van der Waals surface area contributed by atoms with Crippen molar-refractivity contribution in [2.75, 3.05) is 19.6 Å². The molecule has 0 spiro atoms. The molecule has 5 atom stereocenters. The maximum atomic E-state index is 5.47. The van der Waals surface area contributed by atoms with Crippen molar-refractivity contribution in [2.45, 2.75) is 50.5 Å². The molecule has 0 saturated heterocycles. The van der Waals surface area contributed by atoms with Gasteiger partial charge in [-0.05, 0) is 78.2 Å². The van der Waals surface area contributed by atoms with E-state index in [0.717, 1.165) is 29.5 Å². The average Bonchev–Trinajstić information content (AvgIpc) is 3.42. The largest absolute Gasteiger partial charge is 0.354 e. The van der Waals surface area contributed by atoms with Crippen LogP contribution in [0.2, 0.25) is 0 Å². The van der Waals surface area contributed by atoms with Crippen molar-refractivity contribution in [2.24, 2.45) is 10.4 Å². The quantitative estimate of drug-likeness (QED) is 0.198. The molecule has 1 fully saturated rings. The number of allylic oxidation sites excluding steroid dienone is 2. The first-order chi connectivity index (χ1) is 26.4. The molecule has 0 bridgehead atoms. The lowest BCUT2D eigenvalue weighted by molar-refractivity contribution is 0.377. The van der Waals surface area contributed by atoms with Crippen molar-refractivity contribution in [1.29, 1.82) is 0 Å². The molecule has 5 aromatic rings. The fourth-order valence-corrected chi connectivity index (χ4v) is 11.1. The summed E-state index contributed by atoms with van der Waals surface area (Å²) < 4.78 is 0. The molecule has 2 aliphatic carbocycles. The first kappa shape index (κ1) is 30.2. The van der Waals surface area contributed by atoms with Gasteiger partial charge in [-0.15, -0.1) is 0 Å². The van der Waals surface area contributed by atoms with Crippen LogP contribution in [0.1, 0.15) is 38.3 Å². The number of nitrogens with one attached hydrogen (secondary N) is 1. The minimum absolute atomic E-state index is 0.00411. The van der Waals surface area contributed by atoms with Crippen molar-refractivity contribution in [3.63, 3.8) is 0 Å². The molecule has 54 heavy (non-hydrogen) atoms. The molecule has 6 heteroatoms. The zero-order chi connectivity index (χ0) is 36.0. The van der Waals surface area contributed by atoms with E-state index >= 15 is 0 Å². The lowest BCUT2D eigenvalue weighted by atomic mass is 9.81. The highest BCUT2D eigenvalue weighted by atomic mass is 15.5. The number of nitrogens with zero attached hydrogens (tertiary/aromatic N) is 5. The molecule has 262 valence electrons. The summed E-state index contributed by atoms with van der Waals surface area (Å²) in [6.45, 7) is 7.30. The van der Waals surface area contributed by atoms with Crippen molar-refractivity contribution in [3.05, 3.63) is 186 Å². The number of para-hydroxylation sites is 6. The van der Waals surface area contributed by atoms with E-state index in [1.807, 2.05) is 0 Å². The van der Waals surface area contributed by atoms with E-state index < -0.39 is 5.54 Å². The molecule has 0 amide bonds. The standard InChI is InChI=1S/C48H40N6/c1-46-29-17-16-28-40(46)49-43-44(50-46)54-36-24-12-10-22-33(36)34(30-41(54)52(43)32-20-8-5-9-21-32)42-47(2)35-23-11-13-25-37(35)53-39-27-15-14-26-38(39)51(45(53)48(42,47)3)31-18-6-4-7-19-31/h4-29,41,45,50H,30H2,1-3H3/b42-34+. The molecule has 5 heterocycles. The first-order valence-corrected chi connectivity index (χ1v) is 19.2. The van der Waals surface area contributed by atoms with E-state index in [1.165, 1.54) is 45.1 Å². The Morgan fingerprint density at radius 3 is 1.96 bits per heavy atom. The maximum Gasteiger partial charge on any atom is 0.176 e. The predicted molar refractivity (Wildman–Crippen MR) is 220 cm³/mol. The summed E-state index contributed by atoms with van der Waals surface area (Å²) in [5, 5.41) is 4.00. The van der Waals surface area contributed by atoms with Gasteiger partial charge in [0.2, 0.25) is 0 Å². The van der Waals surface area contributed by atoms with Gasteiger partial charge in [-0.1, -0.05) is 117 Å². The summed E-state index contributed by atoms with van der Waals surface area (Å²) in [4.78, 5) is 15.8. The highest BCUT2D eigenvalue weighted by molar-refractivity contribution is 6.07. The van der Waals surface area contributed by atoms with E-state index in [-0.39, 0.29) is 23.2 Å². The van der Waals surface area contributed by atoms with Crippen molar-refractivity contribution < 1.29 is 0 Å². The molecule has 6 nitrogen and oxygen atoms in total. The number of fused-ring (bicyclic) bond motifs is 13. The van der Waals surface area contributed by atoms with Crippen LogP contribution in [-0.4, -0.2) is 23.6 Å². The summed E-state index contributed by atoms with van der Waals surface area (Å²) in [7, 11) is 0. The third kappa shape index (κ3) is 3.54. The minimum atomic E-state index is -0.392. The van der Waals surface area contributed by atoms with Gasteiger partial charge in [0.1, 0.15) is 12.3 Å². The number of anilines is 6. The first-order valence-electron chi connectivity index (χ1n) is 19.2. The summed E-state index contributed by atoms with van der Waals surface area (Å²) >= 11 is 0. The van der Waals surface area contributed by atoms with Crippen LogP contribution in [0.3, 0.4) is 0 Å². The van der Waals surface area contributed by atoms with Crippen molar-refractivity contribution >= 4 is 45.4 Å². The molecular formula is C48H40N6. The lowest BCUT2D eigenvalue weighted by Crippen LogP contribution is -2.53. The fraction of sp³-hybridized carbons (Fsp3) is 0.188. The van der Waals surface area contributed by atoms with Crippen LogP contribution < -0.4 is 24.9 Å². The lowest BCUT2D eigenvalue weighted by Gasteiger charge is -2.44. The van der Waals surface area contributed by atoms with E-state index in [4.69, 9.17) is 4.99 Å². The maximum absolute atomic E-state index is 5.47. The molecule has 5 unspecified atom stereocenters. The van der Waals surface area contributed by atoms with Gasteiger partial charge in [-0.2, -0.15) is 0 Å². The number of rotatable bonds is 2. The monoisotopic (exact) mass is 700 g/mol. The van der Waals surface area contributed by atoms with Gasteiger partial charge in [0.05, 0.1) is 28.3 Å². The Morgan fingerprint density at radius 2 is 1.22 bits per heavy atom. The highest BCUT2D eigenvalue weighted by Gasteiger charge is 2.78. The van der Waals surface area contributed by atoms with Crippen LogP contribution >= 0.6 is 0 Å². The second-order valence-corrected chi connectivity index (χ2v) is 16.1. The van der Waals surface area contributed by atoms with Gasteiger partial charge in [0.15, 0.2) is 11.6 Å². The number of hydrogen-bond acceptors (Lipinski definition) is 6. The van der Waals surface area contributed by atoms with E-state index in [1.54, 1.807) is 5.57 Å². The zero-order valence-corrected chi connectivity index (χ0v) is 30.6. The summed E-state index contributed by atoms with van der Waals surface area (Å²) in [6.07, 6.45) is 9.51. The second-order valence-electron chi connectivity index (χ2n) is 16.1. The summed E-state index contributed by atoms with van der Waals surface area (Å²) in [5.41, 5.74) is 13.4. The van der Waals surface area contributed by atoms with Crippen LogP contribution in [0.25, 0.3) is 5.57 Å². The Morgan fingerprint density at radius 1 is 0.611 bits per heavy atom. The molecule has 1 saturated carbocycles. The predicted octanol–water partition coefficient (Wildman–Crippen LogP) is 10.2.